The number of nitrogens with zero attached hydrogens (tertiary/aromatic N) is 2. The fourth-order valence-corrected chi connectivity index (χ4v) is 7.75. The van der Waals surface area contributed by atoms with Crippen molar-refractivity contribution < 1.29 is 28.9 Å². The van der Waals surface area contributed by atoms with Crippen molar-refractivity contribution in [3.63, 3.8) is 0 Å². The number of para-hydroxylation sites is 2. The number of furan rings is 2. The van der Waals surface area contributed by atoms with Gasteiger partial charge in [0, 0.05) is 59.6 Å². The smallest absolute Gasteiger partial charge is 0.144 e. The first-order chi connectivity index (χ1) is 24.6. The van der Waals surface area contributed by atoms with E-state index < -0.39 is 8.07 Å². The number of fused-ring (bicyclic) bond motifs is 6. The van der Waals surface area contributed by atoms with Crippen LogP contribution in [0.2, 0.25) is 19.6 Å². The van der Waals surface area contributed by atoms with Crippen LogP contribution in [0.1, 0.15) is 16.7 Å². The second kappa shape index (κ2) is 14.1. The quantitative estimate of drug-likeness (QED) is 0.131. The van der Waals surface area contributed by atoms with Crippen LogP contribution in [-0.2, 0) is 20.1 Å². The zero-order valence-electron chi connectivity index (χ0n) is 30.1. The molecule has 0 N–H and O–H groups in total. The molecule has 5 aromatic carbocycles. The molecule has 0 aliphatic heterocycles. The largest absolute Gasteiger partial charge is 0.456 e. The summed E-state index contributed by atoms with van der Waals surface area (Å²) in [5.41, 5.74) is 13.3. The van der Waals surface area contributed by atoms with Crippen molar-refractivity contribution in [1.82, 2.24) is 9.97 Å². The van der Waals surface area contributed by atoms with E-state index >= 15 is 0 Å². The minimum Gasteiger partial charge on any atom is -0.456 e. The van der Waals surface area contributed by atoms with Crippen molar-refractivity contribution in [3.05, 3.63) is 150 Å². The first-order valence-corrected chi connectivity index (χ1v) is 20.8. The zero-order valence-corrected chi connectivity index (χ0v) is 33.5. The van der Waals surface area contributed by atoms with E-state index in [4.69, 9.17) is 13.8 Å². The van der Waals surface area contributed by atoms with Gasteiger partial charge in [0.2, 0.25) is 0 Å². The predicted molar refractivity (Wildman–Crippen MR) is 214 cm³/mol. The van der Waals surface area contributed by atoms with Crippen molar-refractivity contribution in [2.45, 2.75) is 40.4 Å². The van der Waals surface area contributed by atoms with Gasteiger partial charge < -0.3 is 18.8 Å². The second-order valence-corrected chi connectivity index (χ2v) is 19.4. The first kappa shape index (κ1) is 35.3. The van der Waals surface area contributed by atoms with Crippen LogP contribution in [0.3, 0.4) is 0 Å². The Labute approximate surface area is 318 Å². The van der Waals surface area contributed by atoms with Crippen LogP contribution in [0.4, 0.5) is 0 Å². The SMILES string of the molecule is C[Si](C)(C)c1cc[c-]c(-c2cc(-c3c4oc5ccccc5c4cc4oc5ccccc5c34)ccn2)c1.Cc1c[c-]c(-c2cc(C)c(C)cn2)cc1.[Ir]. The Morgan fingerprint density at radius 1 is 0.615 bits per heavy atom. The Hall–Kier alpha value is -5.13. The zero-order chi connectivity index (χ0) is 35.3. The van der Waals surface area contributed by atoms with Crippen molar-refractivity contribution in [3.8, 4) is 33.6 Å². The van der Waals surface area contributed by atoms with Crippen molar-refractivity contribution >= 4 is 57.1 Å². The van der Waals surface area contributed by atoms with Gasteiger partial charge in [0.25, 0.3) is 0 Å². The molecule has 0 atom stereocenters. The maximum atomic E-state index is 6.51. The molecule has 0 saturated heterocycles. The van der Waals surface area contributed by atoms with E-state index in [0.717, 1.165) is 77.5 Å². The monoisotopic (exact) mass is 871 g/mol. The molecule has 259 valence electrons. The van der Waals surface area contributed by atoms with Crippen LogP contribution in [0.15, 0.2) is 130 Å². The molecule has 52 heavy (non-hydrogen) atoms. The summed E-state index contributed by atoms with van der Waals surface area (Å²) in [6.45, 7) is 13.3. The summed E-state index contributed by atoms with van der Waals surface area (Å²) in [5.74, 6) is 0. The number of hydrogen-bond donors (Lipinski definition) is 0. The molecule has 0 amide bonds. The van der Waals surface area contributed by atoms with E-state index in [-0.39, 0.29) is 20.1 Å². The molecule has 6 heteroatoms. The fourth-order valence-electron chi connectivity index (χ4n) is 6.59. The minimum atomic E-state index is -1.46. The van der Waals surface area contributed by atoms with Crippen LogP contribution in [-0.4, -0.2) is 18.0 Å². The summed E-state index contributed by atoms with van der Waals surface area (Å²) in [6, 6.07) is 44.1. The molecule has 4 nitrogen and oxygen atoms in total. The third-order valence-corrected chi connectivity index (χ3v) is 11.7. The third-order valence-electron chi connectivity index (χ3n) is 9.62. The van der Waals surface area contributed by atoms with E-state index in [1.807, 2.05) is 54.9 Å². The number of hydrogen-bond acceptors (Lipinski definition) is 4. The summed E-state index contributed by atoms with van der Waals surface area (Å²) in [7, 11) is -1.46. The van der Waals surface area contributed by atoms with Gasteiger partial charge in [-0.2, -0.15) is 0 Å². The Bertz CT molecular complexity index is 2710. The molecule has 0 aliphatic carbocycles. The Kier molecular flexibility index (Phi) is 9.58. The Balaban J connectivity index is 0.000000222. The van der Waals surface area contributed by atoms with E-state index in [2.05, 4.69) is 124 Å². The van der Waals surface area contributed by atoms with Crippen LogP contribution in [0.5, 0.6) is 0 Å². The summed E-state index contributed by atoms with van der Waals surface area (Å²) < 4.78 is 12.9. The van der Waals surface area contributed by atoms with E-state index in [0.29, 0.717) is 0 Å². The predicted octanol–water partition coefficient (Wildman–Crippen LogP) is 12.0. The molecule has 0 spiro atoms. The molecular weight excluding hydrogens is 833 g/mol. The summed E-state index contributed by atoms with van der Waals surface area (Å²) in [4.78, 5) is 9.15. The van der Waals surface area contributed by atoms with Gasteiger partial charge in [-0.1, -0.05) is 80.7 Å². The van der Waals surface area contributed by atoms with Gasteiger partial charge in [-0.3, -0.25) is 0 Å². The topological polar surface area (TPSA) is 52.1 Å². The molecule has 0 bridgehead atoms. The van der Waals surface area contributed by atoms with Crippen LogP contribution >= 0.6 is 0 Å². The number of pyridine rings is 2. The van der Waals surface area contributed by atoms with Crippen molar-refractivity contribution in [2.75, 3.05) is 0 Å². The molecular formula is C46H38IrN2O2Si-2. The van der Waals surface area contributed by atoms with Crippen LogP contribution in [0, 0.1) is 32.9 Å². The van der Waals surface area contributed by atoms with Gasteiger partial charge in [-0.15, -0.1) is 70.4 Å². The van der Waals surface area contributed by atoms with Crippen LogP contribution in [0.25, 0.3) is 77.5 Å². The molecule has 9 rings (SSSR count). The number of aryl methyl sites for hydroxylation is 3. The minimum absolute atomic E-state index is 0. The van der Waals surface area contributed by atoms with Crippen molar-refractivity contribution in [1.29, 1.82) is 0 Å². The summed E-state index contributed by atoms with van der Waals surface area (Å²) in [6.07, 6.45) is 3.80. The molecule has 4 heterocycles. The molecule has 0 saturated carbocycles. The number of aromatic nitrogens is 2. The first-order valence-electron chi connectivity index (χ1n) is 17.3. The molecule has 1 radical (unpaired) electrons. The fraction of sp³-hybridized carbons (Fsp3) is 0.130. The Morgan fingerprint density at radius 2 is 1.35 bits per heavy atom. The summed E-state index contributed by atoms with van der Waals surface area (Å²) >= 11 is 0. The van der Waals surface area contributed by atoms with Gasteiger partial charge in [0.1, 0.15) is 22.3 Å². The maximum Gasteiger partial charge on any atom is 0.144 e. The molecule has 0 unspecified atom stereocenters. The standard InChI is InChI=1S/C32H24NO2Si.C14H14N.Ir/c1-36(2,3)22-10-8-9-20(17-22)26-18-21(15-16-33-26)30-31-24-12-5-7-14-28(24)34-29(31)19-25-23-11-4-6-13-27(23)35-32(25)30;1-10-4-6-13(7-5-10)14-8-11(2)12(3)9-15-14;/h4-8,10-19H,1-3H3;4-6,8-9H,1-3H3;/q2*-1;. The van der Waals surface area contributed by atoms with Crippen molar-refractivity contribution in [2.24, 2.45) is 0 Å². The van der Waals surface area contributed by atoms with Gasteiger partial charge >= 0.3 is 0 Å². The average Bonchev–Trinajstić information content (AvgIpc) is 3.70. The second-order valence-electron chi connectivity index (χ2n) is 14.3. The summed E-state index contributed by atoms with van der Waals surface area (Å²) in [5, 5.41) is 5.68. The number of benzene rings is 5. The maximum absolute atomic E-state index is 6.51. The molecule has 0 fully saturated rings. The third kappa shape index (κ3) is 6.66. The van der Waals surface area contributed by atoms with Gasteiger partial charge in [0.15, 0.2) is 0 Å². The van der Waals surface area contributed by atoms with E-state index in [1.165, 1.54) is 21.9 Å². The van der Waals surface area contributed by atoms with E-state index in [1.54, 1.807) is 0 Å². The van der Waals surface area contributed by atoms with E-state index in [9.17, 15) is 0 Å². The van der Waals surface area contributed by atoms with Gasteiger partial charge in [-0.05, 0) is 60.6 Å². The molecule has 4 aromatic heterocycles. The Morgan fingerprint density at radius 3 is 2.08 bits per heavy atom. The average molecular weight is 871 g/mol. The number of rotatable bonds is 4. The van der Waals surface area contributed by atoms with Gasteiger partial charge in [0.05, 0.1) is 8.07 Å². The van der Waals surface area contributed by atoms with Gasteiger partial charge in [-0.25, -0.2) is 0 Å². The normalized spacial score (nSPS) is 11.5. The molecule has 9 aromatic rings. The molecule has 0 aliphatic rings. The van der Waals surface area contributed by atoms with Crippen LogP contribution < -0.4 is 5.19 Å².